The Kier molecular flexibility index (Phi) is 5.82. The quantitative estimate of drug-likeness (QED) is 0.717. The minimum Gasteiger partial charge on any atom is -0.326 e. The van der Waals surface area contributed by atoms with Gasteiger partial charge in [0.15, 0.2) is 0 Å². The van der Waals surface area contributed by atoms with Gasteiger partial charge in [-0.15, -0.1) is 23.4 Å². The van der Waals surface area contributed by atoms with Crippen LogP contribution in [0, 0.1) is 12.3 Å². The van der Waals surface area contributed by atoms with E-state index in [1.54, 1.807) is 11.8 Å². The van der Waals surface area contributed by atoms with Crippen molar-refractivity contribution in [3.8, 4) is 0 Å². The minimum atomic E-state index is -0.649. The van der Waals surface area contributed by atoms with Gasteiger partial charge in [-0.05, 0) is 50.6 Å². The number of halogens is 1. The SMILES string of the molecule is Cc1ccc(N2C(=O)CSC2c2cccc(NC(=O)C(C)(C)CCl)c2)cc1. The molecule has 1 aliphatic rings. The summed E-state index contributed by atoms with van der Waals surface area (Å²) < 4.78 is 0. The summed E-state index contributed by atoms with van der Waals surface area (Å²) >= 11 is 7.49. The van der Waals surface area contributed by atoms with Gasteiger partial charge >= 0.3 is 0 Å². The number of anilines is 2. The molecular formula is C21H23ClN2O2S. The van der Waals surface area contributed by atoms with E-state index in [0.29, 0.717) is 11.4 Å². The van der Waals surface area contributed by atoms with E-state index in [4.69, 9.17) is 11.6 Å². The maximum absolute atomic E-state index is 12.5. The van der Waals surface area contributed by atoms with Crippen LogP contribution in [0.4, 0.5) is 11.4 Å². The van der Waals surface area contributed by atoms with E-state index in [1.807, 2.05) is 74.2 Å². The van der Waals surface area contributed by atoms with Gasteiger partial charge in [-0.3, -0.25) is 14.5 Å². The Bertz CT molecular complexity index is 852. The molecule has 1 atom stereocenters. The van der Waals surface area contributed by atoms with Gasteiger partial charge in [0, 0.05) is 17.3 Å². The first-order valence-electron chi connectivity index (χ1n) is 8.79. The molecule has 2 aromatic rings. The van der Waals surface area contributed by atoms with Crippen molar-refractivity contribution in [2.45, 2.75) is 26.1 Å². The van der Waals surface area contributed by atoms with E-state index in [2.05, 4.69) is 5.32 Å². The number of benzene rings is 2. The molecule has 0 bridgehead atoms. The van der Waals surface area contributed by atoms with E-state index in [9.17, 15) is 9.59 Å². The molecule has 0 aromatic heterocycles. The molecule has 1 saturated heterocycles. The van der Waals surface area contributed by atoms with E-state index >= 15 is 0 Å². The van der Waals surface area contributed by atoms with Gasteiger partial charge in [0.05, 0.1) is 11.2 Å². The first-order valence-corrected chi connectivity index (χ1v) is 10.4. The van der Waals surface area contributed by atoms with Crippen LogP contribution in [-0.4, -0.2) is 23.4 Å². The van der Waals surface area contributed by atoms with Gasteiger partial charge < -0.3 is 5.32 Å². The molecular weight excluding hydrogens is 380 g/mol. The Hall–Kier alpha value is -1.98. The van der Waals surface area contributed by atoms with Crippen LogP contribution in [0.15, 0.2) is 48.5 Å². The van der Waals surface area contributed by atoms with Crippen LogP contribution in [0.2, 0.25) is 0 Å². The third-order valence-corrected chi connectivity index (χ3v) is 6.44. The fraction of sp³-hybridized carbons (Fsp3) is 0.333. The molecule has 6 heteroatoms. The van der Waals surface area contributed by atoms with Gasteiger partial charge in [-0.25, -0.2) is 0 Å². The molecule has 4 nitrogen and oxygen atoms in total. The molecule has 142 valence electrons. The van der Waals surface area contributed by atoms with Crippen molar-refractivity contribution in [1.29, 1.82) is 0 Å². The summed E-state index contributed by atoms with van der Waals surface area (Å²) in [5.41, 5.74) is 3.08. The molecule has 0 saturated carbocycles. The second kappa shape index (κ2) is 7.95. The zero-order chi connectivity index (χ0) is 19.6. The van der Waals surface area contributed by atoms with Crippen LogP contribution >= 0.6 is 23.4 Å². The lowest BCUT2D eigenvalue weighted by Crippen LogP contribution is -2.32. The number of hydrogen-bond acceptors (Lipinski definition) is 3. The number of nitrogens with one attached hydrogen (secondary N) is 1. The van der Waals surface area contributed by atoms with E-state index in [1.165, 1.54) is 0 Å². The highest BCUT2D eigenvalue weighted by atomic mass is 35.5. The summed E-state index contributed by atoms with van der Waals surface area (Å²) in [5.74, 6) is 0.646. The number of aryl methyl sites for hydroxylation is 1. The third kappa shape index (κ3) is 4.30. The molecule has 3 rings (SSSR count). The highest BCUT2D eigenvalue weighted by Gasteiger charge is 2.34. The first-order chi connectivity index (χ1) is 12.8. The second-order valence-corrected chi connectivity index (χ2v) is 8.70. The van der Waals surface area contributed by atoms with Gasteiger partial charge in [0.1, 0.15) is 5.37 Å². The lowest BCUT2D eigenvalue weighted by Gasteiger charge is -2.25. The van der Waals surface area contributed by atoms with Crippen molar-refractivity contribution in [1.82, 2.24) is 0 Å². The molecule has 1 N–H and O–H groups in total. The molecule has 27 heavy (non-hydrogen) atoms. The number of nitrogens with zero attached hydrogens (tertiary/aromatic N) is 1. The van der Waals surface area contributed by atoms with Crippen molar-refractivity contribution >= 4 is 46.6 Å². The van der Waals surface area contributed by atoms with Gasteiger partial charge in [0.2, 0.25) is 11.8 Å². The average molecular weight is 403 g/mol. The standard InChI is InChI=1S/C21H23ClN2O2S/c1-14-7-9-17(10-8-14)24-18(25)12-27-19(24)15-5-4-6-16(11-15)23-20(26)21(2,3)13-22/h4-11,19H,12-13H2,1-3H3,(H,23,26). The van der Waals surface area contributed by atoms with E-state index < -0.39 is 5.41 Å². The summed E-state index contributed by atoms with van der Waals surface area (Å²) in [6.07, 6.45) is 0. The maximum atomic E-state index is 12.5. The zero-order valence-electron chi connectivity index (χ0n) is 15.7. The highest BCUT2D eigenvalue weighted by Crippen LogP contribution is 2.42. The number of hydrogen-bond donors (Lipinski definition) is 1. The second-order valence-electron chi connectivity index (χ2n) is 7.36. The maximum Gasteiger partial charge on any atom is 0.238 e. The minimum absolute atomic E-state index is 0.0894. The van der Waals surface area contributed by atoms with Crippen molar-refractivity contribution < 1.29 is 9.59 Å². The van der Waals surface area contributed by atoms with Crippen LogP contribution in [0.3, 0.4) is 0 Å². The topological polar surface area (TPSA) is 49.4 Å². The average Bonchev–Trinajstić information content (AvgIpc) is 3.04. The van der Waals surface area contributed by atoms with Gasteiger partial charge in [-0.1, -0.05) is 29.8 Å². The van der Waals surface area contributed by atoms with Crippen molar-refractivity contribution in [3.05, 3.63) is 59.7 Å². The fourth-order valence-electron chi connectivity index (χ4n) is 2.79. The van der Waals surface area contributed by atoms with Crippen LogP contribution in [0.1, 0.15) is 30.3 Å². The van der Waals surface area contributed by atoms with Crippen molar-refractivity contribution in [3.63, 3.8) is 0 Å². The molecule has 0 aliphatic carbocycles. The van der Waals surface area contributed by atoms with E-state index in [0.717, 1.165) is 16.8 Å². The number of alkyl halides is 1. The van der Waals surface area contributed by atoms with Crippen LogP contribution < -0.4 is 10.2 Å². The molecule has 2 amide bonds. The number of thioether (sulfide) groups is 1. The first kappa shape index (κ1) is 19.8. The molecule has 1 fully saturated rings. The van der Waals surface area contributed by atoms with E-state index in [-0.39, 0.29) is 23.1 Å². The Morgan fingerprint density at radius 2 is 1.96 bits per heavy atom. The fourth-order valence-corrected chi connectivity index (χ4v) is 4.07. The molecule has 1 unspecified atom stereocenters. The summed E-state index contributed by atoms with van der Waals surface area (Å²) in [5, 5.41) is 2.82. The highest BCUT2D eigenvalue weighted by molar-refractivity contribution is 8.00. The summed E-state index contributed by atoms with van der Waals surface area (Å²) in [6.45, 7) is 5.64. The smallest absolute Gasteiger partial charge is 0.238 e. The van der Waals surface area contributed by atoms with Gasteiger partial charge in [0.25, 0.3) is 0 Å². The monoisotopic (exact) mass is 402 g/mol. The molecule has 2 aromatic carbocycles. The lowest BCUT2D eigenvalue weighted by atomic mass is 9.95. The predicted octanol–water partition coefficient (Wildman–Crippen LogP) is 4.98. The summed E-state index contributed by atoms with van der Waals surface area (Å²) in [4.78, 5) is 26.7. The molecule has 1 heterocycles. The normalized spacial score (nSPS) is 17.3. The number of carbonyl (C=O) groups excluding carboxylic acids is 2. The van der Waals surface area contributed by atoms with Gasteiger partial charge in [-0.2, -0.15) is 0 Å². The lowest BCUT2D eigenvalue weighted by molar-refractivity contribution is -0.123. The molecule has 0 spiro atoms. The van der Waals surface area contributed by atoms with Crippen LogP contribution in [-0.2, 0) is 9.59 Å². The number of amides is 2. The van der Waals surface area contributed by atoms with Crippen molar-refractivity contribution in [2.24, 2.45) is 5.41 Å². The Labute approximate surface area is 169 Å². The summed E-state index contributed by atoms with van der Waals surface area (Å²) in [7, 11) is 0. The molecule has 0 radical (unpaired) electrons. The number of rotatable bonds is 5. The zero-order valence-corrected chi connectivity index (χ0v) is 17.2. The predicted molar refractivity (Wildman–Crippen MR) is 113 cm³/mol. The largest absolute Gasteiger partial charge is 0.326 e. The Morgan fingerprint density at radius 1 is 1.26 bits per heavy atom. The van der Waals surface area contributed by atoms with Crippen molar-refractivity contribution in [2.75, 3.05) is 21.8 Å². The third-order valence-electron chi connectivity index (χ3n) is 4.56. The van der Waals surface area contributed by atoms with Crippen LogP contribution in [0.5, 0.6) is 0 Å². The van der Waals surface area contributed by atoms with Crippen LogP contribution in [0.25, 0.3) is 0 Å². The number of carbonyl (C=O) groups is 2. The Morgan fingerprint density at radius 3 is 2.63 bits per heavy atom. The summed E-state index contributed by atoms with van der Waals surface area (Å²) in [6, 6.07) is 15.6. The Balaban J connectivity index is 1.86. The molecule has 1 aliphatic heterocycles.